The summed E-state index contributed by atoms with van der Waals surface area (Å²) in [6, 6.07) is 11.7. The fraction of sp³-hybridized carbons (Fsp3) is 0.188. The van der Waals surface area contributed by atoms with E-state index in [1.54, 1.807) is 0 Å². The van der Waals surface area contributed by atoms with Crippen LogP contribution in [-0.2, 0) is 6.61 Å². The van der Waals surface area contributed by atoms with Crippen molar-refractivity contribution < 1.29 is 4.74 Å². The van der Waals surface area contributed by atoms with Crippen LogP contribution >= 0.6 is 11.6 Å². The van der Waals surface area contributed by atoms with Crippen LogP contribution in [0, 0.1) is 13.8 Å². The van der Waals surface area contributed by atoms with Gasteiger partial charge in [-0.3, -0.25) is 0 Å². The van der Waals surface area contributed by atoms with Gasteiger partial charge in [0.15, 0.2) is 0 Å². The molecule has 0 saturated heterocycles. The van der Waals surface area contributed by atoms with E-state index < -0.39 is 0 Å². The monoisotopic (exact) mass is 286 g/mol. The van der Waals surface area contributed by atoms with Gasteiger partial charge in [-0.2, -0.15) is 0 Å². The fourth-order valence-corrected chi connectivity index (χ4v) is 2.44. The van der Waals surface area contributed by atoms with Crippen LogP contribution in [0.15, 0.2) is 36.4 Å². The number of ether oxygens (including phenoxy) is 1. The molecule has 0 spiro atoms. The molecule has 0 radical (unpaired) electrons. The highest BCUT2D eigenvalue weighted by Gasteiger charge is 2.07. The van der Waals surface area contributed by atoms with Crippen molar-refractivity contribution in [3.63, 3.8) is 0 Å². The molecule has 3 rings (SSSR count). The number of halogens is 1. The average molecular weight is 287 g/mol. The SMILES string of the molecule is Cc1cccc(C)c1OCc1nc2ccc(Cl)cc2[nH]1. The predicted octanol–water partition coefficient (Wildman–Crippen LogP) is 4.41. The van der Waals surface area contributed by atoms with Gasteiger partial charge in [-0.25, -0.2) is 4.98 Å². The van der Waals surface area contributed by atoms with E-state index in [1.807, 2.05) is 50.2 Å². The third kappa shape index (κ3) is 2.49. The summed E-state index contributed by atoms with van der Waals surface area (Å²) >= 11 is 5.96. The van der Waals surface area contributed by atoms with Crippen LogP contribution in [0.25, 0.3) is 11.0 Å². The van der Waals surface area contributed by atoms with Crippen LogP contribution < -0.4 is 4.74 Å². The molecule has 0 aliphatic heterocycles. The molecule has 4 heteroatoms. The second-order valence-electron chi connectivity index (χ2n) is 4.85. The lowest BCUT2D eigenvalue weighted by Gasteiger charge is -2.10. The third-order valence-corrected chi connectivity index (χ3v) is 3.49. The number of hydrogen-bond acceptors (Lipinski definition) is 2. The lowest BCUT2D eigenvalue weighted by atomic mass is 10.1. The van der Waals surface area contributed by atoms with Gasteiger partial charge in [-0.15, -0.1) is 0 Å². The van der Waals surface area contributed by atoms with E-state index in [2.05, 4.69) is 9.97 Å². The molecule has 1 N–H and O–H groups in total. The van der Waals surface area contributed by atoms with Crippen molar-refractivity contribution in [3.05, 3.63) is 58.4 Å². The number of aromatic nitrogens is 2. The Hall–Kier alpha value is -2.00. The van der Waals surface area contributed by atoms with Crippen LogP contribution in [0.4, 0.5) is 0 Å². The Balaban J connectivity index is 1.83. The third-order valence-electron chi connectivity index (χ3n) is 3.25. The molecule has 0 bridgehead atoms. The van der Waals surface area contributed by atoms with E-state index in [9.17, 15) is 0 Å². The first kappa shape index (κ1) is 13.0. The first-order valence-electron chi connectivity index (χ1n) is 6.46. The van der Waals surface area contributed by atoms with Gasteiger partial charge in [0.1, 0.15) is 18.2 Å². The molecule has 2 aromatic carbocycles. The molecular weight excluding hydrogens is 272 g/mol. The van der Waals surface area contributed by atoms with Crippen molar-refractivity contribution in [1.29, 1.82) is 0 Å². The summed E-state index contributed by atoms with van der Waals surface area (Å²) in [5, 5.41) is 0.698. The molecule has 0 fully saturated rings. The molecule has 0 unspecified atom stereocenters. The summed E-state index contributed by atoms with van der Waals surface area (Å²) in [6.07, 6.45) is 0. The molecule has 0 atom stereocenters. The quantitative estimate of drug-likeness (QED) is 0.774. The van der Waals surface area contributed by atoms with Crippen LogP contribution in [0.2, 0.25) is 5.02 Å². The number of para-hydroxylation sites is 1. The van der Waals surface area contributed by atoms with Crippen LogP contribution in [0.5, 0.6) is 5.75 Å². The minimum absolute atomic E-state index is 0.415. The number of aromatic amines is 1. The summed E-state index contributed by atoms with van der Waals surface area (Å²) in [5.74, 6) is 1.72. The molecular formula is C16H15ClN2O. The van der Waals surface area contributed by atoms with Gasteiger partial charge >= 0.3 is 0 Å². The summed E-state index contributed by atoms with van der Waals surface area (Å²) in [7, 11) is 0. The molecule has 0 aliphatic carbocycles. The summed E-state index contributed by atoms with van der Waals surface area (Å²) < 4.78 is 5.89. The maximum Gasteiger partial charge on any atom is 0.146 e. The van der Waals surface area contributed by atoms with Crippen molar-refractivity contribution in [2.45, 2.75) is 20.5 Å². The number of rotatable bonds is 3. The van der Waals surface area contributed by atoms with Gasteiger partial charge in [0.2, 0.25) is 0 Å². The van der Waals surface area contributed by atoms with Gasteiger partial charge in [-0.05, 0) is 43.2 Å². The highest BCUT2D eigenvalue weighted by molar-refractivity contribution is 6.31. The molecule has 3 aromatic rings. The molecule has 0 amide bonds. The minimum atomic E-state index is 0.415. The summed E-state index contributed by atoms with van der Waals surface area (Å²) in [4.78, 5) is 7.71. The number of imidazole rings is 1. The van der Waals surface area contributed by atoms with E-state index in [-0.39, 0.29) is 0 Å². The number of fused-ring (bicyclic) bond motifs is 1. The van der Waals surface area contributed by atoms with E-state index in [0.29, 0.717) is 11.6 Å². The lowest BCUT2D eigenvalue weighted by molar-refractivity contribution is 0.293. The second kappa shape index (κ2) is 5.17. The van der Waals surface area contributed by atoms with E-state index >= 15 is 0 Å². The first-order chi connectivity index (χ1) is 9.63. The van der Waals surface area contributed by atoms with E-state index in [1.165, 1.54) is 0 Å². The van der Waals surface area contributed by atoms with Crippen LogP contribution in [0.1, 0.15) is 17.0 Å². The Morgan fingerprint density at radius 1 is 1.15 bits per heavy atom. The zero-order chi connectivity index (χ0) is 14.1. The Morgan fingerprint density at radius 3 is 2.65 bits per heavy atom. The van der Waals surface area contributed by atoms with Crippen molar-refractivity contribution in [1.82, 2.24) is 9.97 Å². The fourth-order valence-electron chi connectivity index (χ4n) is 2.27. The van der Waals surface area contributed by atoms with Gasteiger partial charge in [0.25, 0.3) is 0 Å². The van der Waals surface area contributed by atoms with Gasteiger partial charge in [-0.1, -0.05) is 29.8 Å². The van der Waals surface area contributed by atoms with Crippen molar-refractivity contribution in [2.75, 3.05) is 0 Å². The standard InChI is InChI=1S/C16H15ClN2O/c1-10-4-3-5-11(2)16(10)20-9-15-18-13-7-6-12(17)8-14(13)19-15/h3-8H,9H2,1-2H3,(H,18,19). The highest BCUT2D eigenvalue weighted by Crippen LogP contribution is 2.24. The Morgan fingerprint density at radius 2 is 1.90 bits per heavy atom. The van der Waals surface area contributed by atoms with Crippen molar-refractivity contribution in [2.24, 2.45) is 0 Å². The topological polar surface area (TPSA) is 37.9 Å². The summed E-state index contributed by atoms with van der Waals surface area (Å²) in [6.45, 7) is 4.50. The van der Waals surface area contributed by atoms with Gasteiger partial charge in [0.05, 0.1) is 11.0 Å². The number of nitrogens with zero attached hydrogens (tertiary/aromatic N) is 1. The first-order valence-corrected chi connectivity index (χ1v) is 6.84. The number of H-pyrrole nitrogens is 1. The van der Waals surface area contributed by atoms with Crippen LogP contribution in [-0.4, -0.2) is 9.97 Å². The minimum Gasteiger partial charge on any atom is -0.485 e. The van der Waals surface area contributed by atoms with Gasteiger partial charge < -0.3 is 9.72 Å². The number of benzene rings is 2. The average Bonchev–Trinajstić information content (AvgIpc) is 2.80. The van der Waals surface area contributed by atoms with E-state index in [0.717, 1.165) is 33.7 Å². The lowest BCUT2D eigenvalue weighted by Crippen LogP contribution is -2.00. The molecule has 3 nitrogen and oxygen atoms in total. The number of aryl methyl sites for hydroxylation is 2. The van der Waals surface area contributed by atoms with E-state index in [4.69, 9.17) is 16.3 Å². The van der Waals surface area contributed by atoms with Gasteiger partial charge in [0, 0.05) is 5.02 Å². The van der Waals surface area contributed by atoms with Crippen molar-refractivity contribution >= 4 is 22.6 Å². The predicted molar refractivity (Wildman–Crippen MR) is 81.4 cm³/mol. The molecule has 1 aromatic heterocycles. The Labute approximate surface area is 122 Å². The van der Waals surface area contributed by atoms with Crippen molar-refractivity contribution in [3.8, 4) is 5.75 Å². The molecule has 20 heavy (non-hydrogen) atoms. The summed E-state index contributed by atoms with van der Waals surface area (Å²) in [5.41, 5.74) is 4.08. The molecule has 1 heterocycles. The Kier molecular flexibility index (Phi) is 3.36. The molecule has 0 aliphatic rings. The smallest absolute Gasteiger partial charge is 0.146 e. The highest BCUT2D eigenvalue weighted by atomic mass is 35.5. The number of hydrogen-bond donors (Lipinski definition) is 1. The van der Waals surface area contributed by atoms with Crippen LogP contribution in [0.3, 0.4) is 0 Å². The maximum atomic E-state index is 5.96. The Bertz CT molecular complexity index is 744. The normalized spacial score (nSPS) is 10.9. The molecule has 0 saturated carbocycles. The maximum absolute atomic E-state index is 5.96. The zero-order valence-electron chi connectivity index (χ0n) is 11.4. The number of nitrogens with one attached hydrogen (secondary N) is 1. The largest absolute Gasteiger partial charge is 0.485 e. The zero-order valence-corrected chi connectivity index (χ0v) is 12.2. The molecule has 102 valence electrons. The second-order valence-corrected chi connectivity index (χ2v) is 5.29.